The van der Waals surface area contributed by atoms with Gasteiger partial charge in [-0.15, -0.1) is 0 Å². The molecule has 1 heterocycles. The number of thioether (sulfide) groups is 1. The van der Waals surface area contributed by atoms with Gasteiger partial charge in [-0.2, -0.15) is 0 Å². The van der Waals surface area contributed by atoms with E-state index in [1.807, 2.05) is 0 Å². The second-order valence-electron chi connectivity index (χ2n) is 4.41. The highest BCUT2D eigenvalue weighted by molar-refractivity contribution is 7.99. The molecule has 0 saturated heterocycles. The second-order valence-corrected chi connectivity index (χ2v) is 5.37. The van der Waals surface area contributed by atoms with Crippen molar-refractivity contribution in [3.05, 3.63) is 51.9 Å². The van der Waals surface area contributed by atoms with Crippen LogP contribution >= 0.6 is 11.8 Å². The number of rotatable bonds is 6. The molecule has 2 aromatic rings. The van der Waals surface area contributed by atoms with Crippen LogP contribution in [0.3, 0.4) is 0 Å². The third kappa shape index (κ3) is 4.86. The number of methoxy groups -OCH3 is 1. The van der Waals surface area contributed by atoms with E-state index in [2.05, 4.69) is 15.3 Å². The van der Waals surface area contributed by atoms with E-state index in [0.29, 0.717) is 5.69 Å². The molecule has 0 atom stereocenters. The number of halogens is 2. The van der Waals surface area contributed by atoms with Crippen molar-refractivity contribution < 1.29 is 18.3 Å². The van der Waals surface area contributed by atoms with Crippen molar-refractivity contribution in [1.82, 2.24) is 9.97 Å². The number of H-pyrrole nitrogens is 1. The van der Waals surface area contributed by atoms with Gasteiger partial charge in [-0.25, -0.2) is 13.8 Å². The molecule has 0 aliphatic heterocycles. The third-order valence-corrected chi connectivity index (χ3v) is 3.51. The van der Waals surface area contributed by atoms with Crippen molar-refractivity contribution in [2.45, 2.75) is 11.8 Å². The number of carbonyl (C=O) groups excluding carboxylic acids is 1. The Morgan fingerprint density at radius 2 is 2.09 bits per heavy atom. The summed E-state index contributed by atoms with van der Waals surface area (Å²) in [7, 11) is 1.46. The van der Waals surface area contributed by atoms with Crippen LogP contribution in [0.15, 0.2) is 34.2 Å². The number of amides is 1. The number of benzene rings is 1. The Balaban J connectivity index is 2.01. The van der Waals surface area contributed by atoms with Gasteiger partial charge in [0.15, 0.2) is 5.16 Å². The van der Waals surface area contributed by atoms with E-state index in [0.717, 1.165) is 23.9 Å². The number of nitrogens with one attached hydrogen (secondary N) is 2. The number of ether oxygens (including phenoxy) is 1. The zero-order valence-electron chi connectivity index (χ0n) is 12.1. The summed E-state index contributed by atoms with van der Waals surface area (Å²) in [6.45, 7) is 0.157. The molecule has 6 nitrogen and oxygen atoms in total. The predicted octanol–water partition coefficient (Wildman–Crippen LogP) is 1.93. The van der Waals surface area contributed by atoms with E-state index >= 15 is 0 Å². The van der Waals surface area contributed by atoms with Crippen LogP contribution in [-0.2, 0) is 16.1 Å². The molecule has 2 N–H and O–H groups in total. The fourth-order valence-electron chi connectivity index (χ4n) is 1.70. The Labute approximate surface area is 134 Å². The minimum absolute atomic E-state index is 0.157. The van der Waals surface area contributed by atoms with Gasteiger partial charge in [-0.05, 0) is 12.1 Å². The number of hydrogen-bond donors (Lipinski definition) is 2. The van der Waals surface area contributed by atoms with Crippen LogP contribution in [0.2, 0.25) is 0 Å². The lowest BCUT2D eigenvalue weighted by atomic mass is 10.3. The molecule has 122 valence electrons. The first-order chi connectivity index (χ1) is 11.0. The third-order valence-electron chi connectivity index (χ3n) is 2.63. The first-order valence-electron chi connectivity index (χ1n) is 6.45. The normalized spacial score (nSPS) is 10.6. The maximum atomic E-state index is 13.4. The molecule has 1 aromatic carbocycles. The highest BCUT2D eigenvalue weighted by Crippen LogP contribution is 2.19. The van der Waals surface area contributed by atoms with Crippen LogP contribution in [0.25, 0.3) is 0 Å². The fraction of sp³-hybridized carbons (Fsp3) is 0.214. The summed E-state index contributed by atoms with van der Waals surface area (Å²) in [5, 5.41) is 2.37. The van der Waals surface area contributed by atoms with Gasteiger partial charge < -0.3 is 15.0 Å². The van der Waals surface area contributed by atoms with E-state index < -0.39 is 23.2 Å². The maximum absolute atomic E-state index is 13.4. The molecule has 0 unspecified atom stereocenters. The first-order valence-corrected chi connectivity index (χ1v) is 7.44. The predicted molar refractivity (Wildman–Crippen MR) is 81.3 cm³/mol. The molecule has 0 spiro atoms. The number of anilines is 1. The number of nitrogens with zero attached hydrogens (tertiary/aromatic N) is 1. The Kier molecular flexibility index (Phi) is 5.83. The summed E-state index contributed by atoms with van der Waals surface area (Å²) < 4.78 is 31.7. The summed E-state index contributed by atoms with van der Waals surface area (Å²) in [4.78, 5) is 29.8. The van der Waals surface area contributed by atoms with E-state index in [1.165, 1.54) is 19.2 Å². The molecule has 0 fully saturated rings. The quantitative estimate of drug-likeness (QED) is 0.619. The van der Waals surface area contributed by atoms with E-state index in [1.54, 1.807) is 0 Å². The molecule has 0 bridgehead atoms. The van der Waals surface area contributed by atoms with Gasteiger partial charge in [-0.1, -0.05) is 17.8 Å². The van der Waals surface area contributed by atoms with Gasteiger partial charge >= 0.3 is 0 Å². The molecule has 9 heteroatoms. The topological polar surface area (TPSA) is 84.1 Å². The van der Waals surface area contributed by atoms with Crippen molar-refractivity contribution in [3.8, 4) is 0 Å². The van der Waals surface area contributed by atoms with Gasteiger partial charge in [0.2, 0.25) is 5.91 Å². The van der Waals surface area contributed by atoms with E-state index in [4.69, 9.17) is 4.74 Å². The maximum Gasteiger partial charge on any atom is 0.251 e. The van der Waals surface area contributed by atoms with Crippen LogP contribution < -0.4 is 10.9 Å². The lowest BCUT2D eigenvalue weighted by Gasteiger charge is -2.07. The minimum atomic E-state index is -0.864. The lowest BCUT2D eigenvalue weighted by Crippen LogP contribution is -2.17. The van der Waals surface area contributed by atoms with Crippen molar-refractivity contribution in [1.29, 1.82) is 0 Å². The van der Waals surface area contributed by atoms with Crippen molar-refractivity contribution in [3.63, 3.8) is 0 Å². The Hall–Kier alpha value is -2.26. The first kappa shape index (κ1) is 17.1. The van der Waals surface area contributed by atoms with Gasteiger partial charge in [-0.3, -0.25) is 9.59 Å². The lowest BCUT2D eigenvalue weighted by molar-refractivity contribution is -0.113. The van der Waals surface area contributed by atoms with Crippen LogP contribution in [0.1, 0.15) is 5.69 Å². The molecule has 0 radical (unpaired) electrons. The highest BCUT2D eigenvalue weighted by Gasteiger charge is 2.13. The zero-order valence-corrected chi connectivity index (χ0v) is 12.9. The molecule has 23 heavy (non-hydrogen) atoms. The molecule has 0 aliphatic rings. The molecular formula is C14H13F2N3O3S. The largest absolute Gasteiger partial charge is 0.378 e. The number of carbonyl (C=O) groups is 1. The monoisotopic (exact) mass is 341 g/mol. The standard InChI is InChI=1S/C14H13F2N3O3S/c1-22-6-8-5-11(20)19-14(17-8)23-7-12(21)18-13-9(15)3-2-4-10(13)16/h2-5H,6-7H2,1H3,(H,18,21)(H,17,19,20). The second kappa shape index (κ2) is 7.84. The summed E-state index contributed by atoms with van der Waals surface area (Å²) in [5.74, 6) is -2.53. The molecule has 0 saturated carbocycles. The molecule has 1 amide bonds. The molecule has 2 rings (SSSR count). The summed E-state index contributed by atoms with van der Waals surface area (Å²) in [6.07, 6.45) is 0. The van der Waals surface area contributed by atoms with Crippen LogP contribution in [-0.4, -0.2) is 28.7 Å². The van der Waals surface area contributed by atoms with Crippen molar-refractivity contribution in [2.75, 3.05) is 18.2 Å². The Morgan fingerprint density at radius 1 is 1.39 bits per heavy atom. The fourth-order valence-corrected chi connectivity index (χ4v) is 2.39. The van der Waals surface area contributed by atoms with Crippen LogP contribution in [0.4, 0.5) is 14.5 Å². The van der Waals surface area contributed by atoms with Crippen LogP contribution in [0, 0.1) is 11.6 Å². The molecular weight excluding hydrogens is 328 g/mol. The van der Waals surface area contributed by atoms with E-state index in [9.17, 15) is 18.4 Å². The summed E-state index contributed by atoms with van der Waals surface area (Å²) in [6, 6.07) is 4.56. The molecule has 0 aliphatic carbocycles. The van der Waals surface area contributed by atoms with Gasteiger partial charge in [0.1, 0.15) is 17.3 Å². The number of para-hydroxylation sites is 1. The average molecular weight is 341 g/mol. The van der Waals surface area contributed by atoms with Crippen LogP contribution in [0.5, 0.6) is 0 Å². The Morgan fingerprint density at radius 3 is 2.74 bits per heavy atom. The number of aromatic amines is 1. The summed E-state index contributed by atoms with van der Waals surface area (Å²) >= 11 is 0.935. The summed E-state index contributed by atoms with van der Waals surface area (Å²) in [5.41, 5.74) is -0.470. The van der Waals surface area contributed by atoms with Gasteiger partial charge in [0.25, 0.3) is 5.56 Å². The van der Waals surface area contributed by atoms with Gasteiger partial charge in [0.05, 0.1) is 18.1 Å². The van der Waals surface area contributed by atoms with Crippen molar-refractivity contribution >= 4 is 23.4 Å². The smallest absolute Gasteiger partial charge is 0.251 e. The minimum Gasteiger partial charge on any atom is -0.378 e. The van der Waals surface area contributed by atoms with Gasteiger partial charge in [0, 0.05) is 13.2 Å². The zero-order chi connectivity index (χ0) is 16.8. The highest BCUT2D eigenvalue weighted by atomic mass is 32.2. The molecule has 1 aromatic heterocycles. The SMILES string of the molecule is COCc1cc(=O)[nH]c(SCC(=O)Nc2c(F)cccc2F)n1. The number of aromatic nitrogens is 2. The number of hydrogen-bond acceptors (Lipinski definition) is 5. The Bertz CT molecular complexity index is 747. The van der Waals surface area contributed by atoms with E-state index in [-0.39, 0.29) is 23.1 Å². The van der Waals surface area contributed by atoms with Crippen molar-refractivity contribution in [2.24, 2.45) is 0 Å². The average Bonchev–Trinajstić information content (AvgIpc) is 2.49.